The molecule has 3 aromatic rings. The normalized spacial score (nSPS) is 14.4. The zero-order chi connectivity index (χ0) is 20.2. The second-order valence-electron chi connectivity index (χ2n) is 6.89. The molecule has 1 unspecified atom stereocenters. The fraction of sp³-hybridized carbons (Fsp3) is 0.300. The van der Waals surface area contributed by atoms with Gasteiger partial charge < -0.3 is 16.2 Å². The number of rotatable bonds is 3. The van der Waals surface area contributed by atoms with E-state index in [9.17, 15) is 13.2 Å². The highest BCUT2D eigenvalue weighted by atomic mass is 19.3. The lowest BCUT2D eigenvalue weighted by molar-refractivity contribution is 0.146. The summed E-state index contributed by atoms with van der Waals surface area (Å²) < 4.78 is 46.9. The molecule has 4 rings (SSSR count). The second-order valence-corrected chi connectivity index (χ2v) is 6.89. The number of anilines is 2. The van der Waals surface area contributed by atoms with Crippen LogP contribution in [0.5, 0.6) is 5.75 Å². The summed E-state index contributed by atoms with van der Waals surface area (Å²) in [5, 5.41) is 0.515. The molecule has 2 heterocycles. The zero-order valence-electron chi connectivity index (χ0n) is 15.4. The van der Waals surface area contributed by atoms with Gasteiger partial charge >= 0.3 is 0 Å². The van der Waals surface area contributed by atoms with Crippen LogP contribution < -0.4 is 16.2 Å². The number of hydrogen-bond donors (Lipinski definition) is 2. The Morgan fingerprint density at radius 2 is 1.86 bits per heavy atom. The molecule has 1 aliphatic rings. The number of fused-ring (bicyclic) bond motifs is 3. The van der Waals surface area contributed by atoms with Crippen molar-refractivity contribution in [2.24, 2.45) is 0 Å². The smallest absolute Gasteiger partial charge is 0.266 e. The maximum atomic E-state index is 14.8. The summed E-state index contributed by atoms with van der Waals surface area (Å²) in [6, 6.07) is 3.95. The summed E-state index contributed by atoms with van der Waals surface area (Å²) in [4.78, 5) is 8.74. The van der Waals surface area contributed by atoms with Crippen LogP contribution in [0.2, 0.25) is 0 Å². The topological polar surface area (TPSA) is 87.0 Å². The van der Waals surface area contributed by atoms with Gasteiger partial charge in [0, 0.05) is 23.3 Å². The van der Waals surface area contributed by atoms with Gasteiger partial charge in [-0.05, 0) is 18.1 Å². The van der Waals surface area contributed by atoms with Crippen LogP contribution in [-0.2, 0) is 6.42 Å². The zero-order valence-corrected chi connectivity index (χ0v) is 15.4. The van der Waals surface area contributed by atoms with Crippen LogP contribution in [0.25, 0.3) is 10.9 Å². The van der Waals surface area contributed by atoms with Crippen LogP contribution in [0, 0.1) is 12.7 Å². The first-order chi connectivity index (χ1) is 13.3. The molecule has 0 fully saturated rings. The number of ether oxygens (including phenoxy) is 1. The van der Waals surface area contributed by atoms with Crippen LogP contribution in [-0.4, -0.2) is 16.6 Å². The Labute approximate surface area is 159 Å². The Morgan fingerprint density at radius 1 is 1.14 bits per heavy atom. The van der Waals surface area contributed by atoms with Gasteiger partial charge in [-0.1, -0.05) is 25.1 Å². The fourth-order valence-corrected chi connectivity index (χ4v) is 3.93. The number of aromatic nitrogens is 2. The predicted octanol–water partition coefficient (Wildman–Crippen LogP) is 4.27. The quantitative estimate of drug-likeness (QED) is 0.655. The molecule has 0 bridgehead atoms. The van der Waals surface area contributed by atoms with E-state index in [1.807, 2.05) is 0 Å². The van der Waals surface area contributed by atoms with Gasteiger partial charge in [-0.3, -0.25) is 0 Å². The first kappa shape index (κ1) is 18.3. The highest BCUT2D eigenvalue weighted by Crippen LogP contribution is 2.47. The third-order valence-electron chi connectivity index (χ3n) is 5.20. The van der Waals surface area contributed by atoms with Crippen molar-refractivity contribution in [1.29, 1.82) is 0 Å². The number of nitrogens with zero attached hydrogens (tertiary/aromatic N) is 2. The molecule has 1 atom stereocenters. The molecule has 0 radical (unpaired) electrons. The van der Waals surface area contributed by atoms with Crippen molar-refractivity contribution in [3.05, 3.63) is 52.1 Å². The average molecular weight is 388 g/mol. The van der Waals surface area contributed by atoms with Gasteiger partial charge in [0.25, 0.3) is 6.43 Å². The van der Waals surface area contributed by atoms with E-state index >= 15 is 0 Å². The molecule has 8 heteroatoms. The van der Waals surface area contributed by atoms with E-state index in [4.69, 9.17) is 16.2 Å². The Balaban J connectivity index is 2.04. The van der Waals surface area contributed by atoms with Crippen LogP contribution in [0.1, 0.15) is 47.3 Å². The molecule has 2 aromatic carbocycles. The molecule has 1 aliphatic heterocycles. The molecule has 0 spiro atoms. The summed E-state index contributed by atoms with van der Waals surface area (Å²) in [6.07, 6.45) is -2.30. The van der Waals surface area contributed by atoms with E-state index < -0.39 is 23.7 Å². The number of nitrogen functional groups attached to an aromatic ring is 2. The Kier molecular flexibility index (Phi) is 4.28. The number of halogens is 3. The van der Waals surface area contributed by atoms with Crippen molar-refractivity contribution in [3.63, 3.8) is 0 Å². The van der Waals surface area contributed by atoms with E-state index in [0.29, 0.717) is 46.8 Å². The van der Waals surface area contributed by atoms with Crippen molar-refractivity contribution in [2.45, 2.75) is 32.6 Å². The van der Waals surface area contributed by atoms with Gasteiger partial charge in [-0.2, -0.15) is 0 Å². The van der Waals surface area contributed by atoms with Crippen LogP contribution in [0.3, 0.4) is 0 Å². The maximum absolute atomic E-state index is 14.8. The fourth-order valence-electron chi connectivity index (χ4n) is 3.93. The SMILES string of the molecule is Cc1nc(N)c2c(C(C)c3cccc(C(F)F)c3F)c(N)c3c(c2n1)CCO3. The van der Waals surface area contributed by atoms with Gasteiger partial charge in [-0.15, -0.1) is 0 Å². The summed E-state index contributed by atoms with van der Waals surface area (Å²) in [6.45, 7) is 3.87. The van der Waals surface area contributed by atoms with Crippen molar-refractivity contribution in [1.82, 2.24) is 9.97 Å². The van der Waals surface area contributed by atoms with Gasteiger partial charge in [0.05, 0.1) is 23.4 Å². The Hall–Kier alpha value is -3.03. The summed E-state index contributed by atoms with van der Waals surface area (Å²) in [5.41, 5.74) is 14.3. The predicted molar refractivity (Wildman–Crippen MR) is 101 cm³/mol. The average Bonchev–Trinajstić information content (AvgIpc) is 3.12. The molecule has 0 saturated carbocycles. The number of hydrogen-bond acceptors (Lipinski definition) is 5. The van der Waals surface area contributed by atoms with Gasteiger partial charge in [0.15, 0.2) is 0 Å². The first-order valence-electron chi connectivity index (χ1n) is 8.88. The van der Waals surface area contributed by atoms with Gasteiger partial charge in [-0.25, -0.2) is 23.1 Å². The largest absolute Gasteiger partial charge is 0.491 e. The molecule has 0 aliphatic carbocycles. The monoisotopic (exact) mass is 388 g/mol. The lowest BCUT2D eigenvalue weighted by Crippen LogP contribution is -2.10. The Bertz CT molecular complexity index is 1100. The molecule has 0 amide bonds. The highest BCUT2D eigenvalue weighted by molar-refractivity contribution is 6.00. The lowest BCUT2D eigenvalue weighted by Gasteiger charge is -2.22. The Morgan fingerprint density at radius 3 is 2.57 bits per heavy atom. The summed E-state index contributed by atoms with van der Waals surface area (Å²) in [5.74, 6) is -0.406. The van der Waals surface area contributed by atoms with Crippen molar-refractivity contribution in [2.75, 3.05) is 18.1 Å². The third-order valence-corrected chi connectivity index (χ3v) is 5.20. The van der Waals surface area contributed by atoms with E-state index in [1.165, 1.54) is 12.1 Å². The molecule has 1 aromatic heterocycles. The molecule has 0 saturated heterocycles. The number of nitrogens with two attached hydrogens (primary N) is 2. The first-order valence-corrected chi connectivity index (χ1v) is 8.88. The van der Waals surface area contributed by atoms with E-state index in [-0.39, 0.29) is 11.4 Å². The molecule has 5 nitrogen and oxygen atoms in total. The number of aryl methyl sites for hydroxylation is 1. The summed E-state index contributed by atoms with van der Waals surface area (Å²) >= 11 is 0. The molecular formula is C20H19F3N4O. The van der Waals surface area contributed by atoms with E-state index in [0.717, 1.165) is 11.6 Å². The minimum absolute atomic E-state index is 0.101. The van der Waals surface area contributed by atoms with Crippen molar-refractivity contribution < 1.29 is 17.9 Å². The van der Waals surface area contributed by atoms with Crippen molar-refractivity contribution in [3.8, 4) is 5.75 Å². The minimum Gasteiger partial charge on any atom is -0.491 e. The molecule has 146 valence electrons. The van der Waals surface area contributed by atoms with Crippen LogP contribution >= 0.6 is 0 Å². The highest BCUT2D eigenvalue weighted by Gasteiger charge is 2.30. The number of alkyl halides is 2. The minimum atomic E-state index is -2.92. The molecule has 4 N–H and O–H groups in total. The number of benzene rings is 2. The maximum Gasteiger partial charge on any atom is 0.266 e. The second kappa shape index (κ2) is 6.54. The van der Waals surface area contributed by atoms with Gasteiger partial charge in [0.1, 0.15) is 23.2 Å². The van der Waals surface area contributed by atoms with E-state index in [1.54, 1.807) is 13.8 Å². The molecule has 28 heavy (non-hydrogen) atoms. The van der Waals surface area contributed by atoms with E-state index in [2.05, 4.69) is 9.97 Å². The standard InChI is InChI=1S/C20H19F3N4O/c1-8(10-4-3-5-11(15(10)21)19(22)23)13-14-17(26-9(2)27-20(14)25)12-6-7-28-18(12)16(13)24/h3-5,8,19H,6-7,24H2,1-2H3,(H2,25,26,27). The molecular weight excluding hydrogens is 369 g/mol. The van der Waals surface area contributed by atoms with Crippen LogP contribution in [0.4, 0.5) is 24.7 Å². The van der Waals surface area contributed by atoms with Gasteiger partial charge in [0.2, 0.25) is 0 Å². The third kappa shape index (κ3) is 2.63. The van der Waals surface area contributed by atoms with Crippen LogP contribution in [0.15, 0.2) is 18.2 Å². The lowest BCUT2D eigenvalue weighted by atomic mass is 9.86. The summed E-state index contributed by atoms with van der Waals surface area (Å²) in [7, 11) is 0. The van der Waals surface area contributed by atoms with Crippen molar-refractivity contribution >= 4 is 22.4 Å².